The van der Waals surface area contributed by atoms with Crippen LogP contribution in [0.3, 0.4) is 0 Å². The molecule has 1 heterocycles. The molecule has 11 N–H and O–H groups in total. The Hall–Kier alpha value is -9.07. The summed E-state index contributed by atoms with van der Waals surface area (Å²) in [6, 6.07) is 14.3. The van der Waals surface area contributed by atoms with E-state index in [0.717, 1.165) is 9.79 Å². The summed E-state index contributed by atoms with van der Waals surface area (Å²) in [5.74, 6) is -8.54. The first-order valence-corrected chi connectivity index (χ1v) is 37.1. The van der Waals surface area contributed by atoms with Crippen LogP contribution in [0.15, 0.2) is 121 Å². The van der Waals surface area contributed by atoms with Crippen LogP contribution in [0.5, 0.6) is 0 Å². The maximum Gasteiger partial charge on any atom is 0.408 e. The zero-order valence-electron chi connectivity index (χ0n) is 65.8. The highest BCUT2D eigenvalue weighted by Gasteiger charge is 2.35. The van der Waals surface area contributed by atoms with Crippen molar-refractivity contribution < 1.29 is 111 Å². The van der Waals surface area contributed by atoms with E-state index in [0.29, 0.717) is 0 Å². The number of nitrogens with two attached hydrogens (primary N) is 1. The molecule has 2 unspecified atom stereocenters. The number of rotatable bonds is 33. The number of carboxylic acids is 3. The van der Waals surface area contributed by atoms with Gasteiger partial charge in [-0.3, -0.25) is 43.2 Å². The molecule has 11 atom stereocenters. The predicted octanol–water partition coefficient (Wildman–Crippen LogP) is 8.89. The Morgan fingerprint density at radius 1 is 0.611 bits per heavy atom. The molecule has 2 aromatic rings. The van der Waals surface area contributed by atoms with Crippen molar-refractivity contribution in [2.75, 3.05) is 39.6 Å². The Morgan fingerprint density at radius 3 is 1.41 bits per heavy atom. The van der Waals surface area contributed by atoms with Crippen molar-refractivity contribution in [2.45, 2.75) is 206 Å². The molecule has 0 saturated carbocycles. The number of carboxylic acid groups (broad SMARTS) is 3. The molecule has 108 heavy (non-hydrogen) atoms. The fourth-order valence-corrected chi connectivity index (χ4v) is 10.1. The number of aliphatic carboxylic acids is 3. The molecule has 0 fully saturated rings. The van der Waals surface area contributed by atoms with Gasteiger partial charge in [-0.25, -0.2) is 19.2 Å². The van der Waals surface area contributed by atoms with Gasteiger partial charge >= 0.3 is 53.8 Å². The Labute approximate surface area is 645 Å². The first kappa shape index (κ1) is 103. The summed E-state index contributed by atoms with van der Waals surface area (Å²) in [7, 11) is 0. The minimum absolute atomic E-state index is 0.00204. The van der Waals surface area contributed by atoms with Gasteiger partial charge in [-0.05, 0) is 88.6 Å². The number of carbonyl (C=O) groups is 13. The van der Waals surface area contributed by atoms with Gasteiger partial charge in [0.2, 0.25) is 23.6 Å². The van der Waals surface area contributed by atoms with E-state index >= 15 is 0 Å². The molecule has 5 amide bonds. The highest BCUT2D eigenvalue weighted by Crippen LogP contribution is 2.31. The zero-order chi connectivity index (χ0) is 83.6. The number of benzene rings is 2. The molecule has 3 rings (SSSR count). The lowest BCUT2D eigenvalue weighted by molar-refractivity contribution is -0.154. The van der Waals surface area contributed by atoms with Crippen molar-refractivity contribution >= 4 is 101 Å². The minimum atomic E-state index is -0.963. The van der Waals surface area contributed by atoms with Crippen molar-refractivity contribution in [1.29, 1.82) is 0 Å². The third kappa shape index (κ3) is 50.5. The molecule has 0 radical (unpaired) electrons. The average Bonchev–Trinajstić information content (AvgIpc) is 0.866. The highest BCUT2D eigenvalue weighted by atomic mass is 32.2. The number of alkyl carbamates (subject to hydrolysis) is 1. The van der Waals surface area contributed by atoms with Crippen LogP contribution < -0.4 is 32.3 Å². The maximum absolute atomic E-state index is 13.3. The number of carbonyl (C=O) groups excluding carboxylic acids is 10. The van der Waals surface area contributed by atoms with Gasteiger partial charge in [-0.15, -0.1) is 23.5 Å². The number of esters is 5. The van der Waals surface area contributed by atoms with E-state index in [1.54, 1.807) is 87.1 Å². The number of amides is 5. The summed E-state index contributed by atoms with van der Waals surface area (Å²) in [4.78, 5) is 155. The number of aliphatic hydroxyl groups is 1. The minimum Gasteiger partial charge on any atom is -0.481 e. The third-order valence-corrected chi connectivity index (χ3v) is 16.9. The second-order valence-electron chi connectivity index (χ2n) is 27.4. The molecular formula is C77H120N6O23S2. The Bertz CT molecular complexity index is 3100. The fourth-order valence-electron chi connectivity index (χ4n) is 7.68. The van der Waals surface area contributed by atoms with Crippen LogP contribution in [0.25, 0.3) is 0 Å². The summed E-state index contributed by atoms with van der Waals surface area (Å²) in [5.41, 5.74) is 4.02. The van der Waals surface area contributed by atoms with Crippen molar-refractivity contribution in [3.8, 4) is 0 Å². The summed E-state index contributed by atoms with van der Waals surface area (Å²) in [5, 5.41) is 46.1. The smallest absolute Gasteiger partial charge is 0.408 e. The predicted molar refractivity (Wildman–Crippen MR) is 412 cm³/mol. The number of nitrogens with one attached hydrogen (secondary N) is 5. The number of cyclic esters (lactones) is 1. The molecule has 1 aliphatic rings. The molecule has 608 valence electrons. The van der Waals surface area contributed by atoms with E-state index in [4.69, 9.17) is 49.5 Å². The van der Waals surface area contributed by atoms with E-state index < -0.39 is 113 Å². The average molecular weight is 1560 g/mol. The van der Waals surface area contributed by atoms with E-state index in [2.05, 4.69) is 46.3 Å². The van der Waals surface area contributed by atoms with Crippen LogP contribution in [0, 0.1) is 47.3 Å². The van der Waals surface area contributed by atoms with Crippen molar-refractivity contribution in [3.05, 3.63) is 111 Å². The molecule has 0 aromatic heterocycles. The van der Waals surface area contributed by atoms with Crippen molar-refractivity contribution in [1.82, 2.24) is 26.6 Å². The van der Waals surface area contributed by atoms with E-state index in [-0.39, 0.29) is 123 Å². The highest BCUT2D eigenvalue weighted by molar-refractivity contribution is 8.00. The molecule has 31 heteroatoms. The Morgan fingerprint density at radius 2 is 1.03 bits per heavy atom. The van der Waals surface area contributed by atoms with Crippen LogP contribution >= 0.6 is 23.5 Å². The van der Waals surface area contributed by atoms with E-state index in [1.807, 2.05) is 102 Å². The summed E-state index contributed by atoms with van der Waals surface area (Å²) >= 11 is 2.84. The number of ether oxygens (including phenoxy) is 6. The third-order valence-electron chi connectivity index (χ3n) is 14.1. The maximum atomic E-state index is 13.3. The lowest BCUT2D eigenvalue weighted by atomic mass is 10.0. The van der Waals surface area contributed by atoms with Crippen LogP contribution in [0.4, 0.5) is 4.79 Å². The molecule has 0 saturated heterocycles. The van der Waals surface area contributed by atoms with E-state index in [1.165, 1.54) is 49.9 Å². The number of hydrogen-bond acceptors (Lipinski definition) is 23. The van der Waals surface area contributed by atoms with Gasteiger partial charge in [0.15, 0.2) is 0 Å². The quantitative estimate of drug-likeness (QED) is 0.0138. The topological polar surface area (TPSA) is 444 Å². The van der Waals surface area contributed by atoms with Crippen LogP contribution in [0.2, 0.25) is 0 Å². The molecule has 0 bridgehead atoms. The lowest BCUT2D eigenvalue weighted by Crippen LogP contribution is -2.53. The fraction of sp³-hybridized carbons (Fsp3) is 0.571. The number of hydrogen-bond donors (Lipinski definition) is 10. The van der Waals surface area contributed by atoms with E-state index in [9.17, 15) is 67.4 Å². The number of thioether (sulfide) groups is 2. The Balaban J connectivity index is -0.00000145. The summed E-state index contributed by atoms with van der Waals surface area (Å²) in [6.45, 7) is 41.4. The zero-order valence-corrected chi connectivity index (χ0v) is 67.5. The van der Waals surface area contributed by atoms with Gasteiger partial charge in [-0.2, -0.15) is 0 Å². The van der Waals surface area contributed by atoms with Gasteiger partial charge in [0.1, 0.15) is 62.2 Å². The van der Waals surface area contributed by atoms with Crippen molar-refractivity contribution in [2.24, 2.45) is 53.1 Å². The monoisotopic (exact) mass is 1560 g/mol. The van der Waals surface area contributed by atoms with Gasteiger partial charge in [-0.1, -0.05) is 170 Å². The van der Waals surface area contributed by atoms with Crippen LogP contribution in [-0.2, 0) is 86.0 Å². The first-order chi connectivity index (χ1) is 50.3. The standard InChI is InChI=1S/C32H46N2O9S.C20H29NO4S.C14H22N2O4.2C4H8O2.C3H7NO2/c1-9-16-40-27(36)18-22(5)29(37)42-20-24(33-31(39)43-32(6,7)8)25(44-23-14-12-11-13-15-23)19-26(35)34-28(21(3)4)30(38)41-17-10-2;1-5-11-25-20(24)19(14(2)3)21-18(23)12-17(15(4)13-22)26-16-9-7-6-8-10-16;1-8(2)12-13(18)15-10(4)14(19)20-7-9(3)5-6-11(17)16-12;2*1-3(2)4(5)6;1-2(4)3(5)6/h9-15,21-22,24-25,28H,1-2,16-20H2,3-8H3,(H,33,39)(H,34,35);5-10,14-15,17,19,22H,1,11-13H2,2-4H3,(H,21,23);5-6,8-10,12H,7H2,1-4H3,(H,15,18)(H,16,17);2*3H,1-2H3,(H,5,6);2H,4H2,1H3,(H,5,6)/b;;6-5+;;;/t22-,24+,25?,28+;15-,17?,19-;9-,10+,12+;;;2-/m101..0/s1. The second kappa shape index (κ2) is 57.1. The molecule has 0 aliphatic carbocycles. The largest absolute Gasteiger partial charge is 0.481 e. The van der Waals surface area contributed by atoms with Gasteiger partial charge in [0, 0.05) is 45.7 Å². The molecule has 29 nitrogen and oxygen atoms in total. The van der Waals surface area contributed by atoms with Crippen LogP contribution in [-0.4, -0.2) is 190 Å². The van der Waals surface area contributed by atoms with Crippen LogP contribution in [0.1, 0.15) is 144 Å². The molecule has 1 aliphatic heterocycles. The summed E-state index contributed by atoms with van der Waals surface area (Å²) < 4.78 is 31.2. The lowest BCUT2D eigenvalue weighted by Gasteiger charge is -2.29. The number of aliphatic hydroxyl groups excluding tert-OH is 1. The van der Waals surface area contributed by atoms with Gasteiger partial charge in [0.25, 0.3) is 0 Å². The summed E-state index contributed by atoms with van der Waals surface area (Å²) in [6.07, 6.45) is 6.43. The first-order valence-electron chi connectivity index (χ1n) is 35.3. The normalized spacial score (nSPS) is 16.5. The van der Waals surface area contributed by atoms with Gasteiger partial charge < -0.3 is 81.2 Å². The second-order valence-corrected chi connectivity index (χ2v) is 30.0. The van der Waals surface area contributed by atoms with Gasteiger partial charge in [0.05, 0.1) is 36.8 Å². The molecule has 2 aromatic carbocycles. The molecular weight excluding hydrogens is 1440 g/mol. The SMILES string of the molecule is C=CCOC(=O)C[C@@H](C)C(=O)OC[C@H](NC(=O)OC(C)(C)C)C(CC(=O)N[C@H](C(=O)OCC=C)C(C)C)Sc1ccccc1.C=CCOC(=O)[C@@H](NC(=O)CC(Sc1ccccc1)[C@@H](C)CO)C(C)C.CC(C)C(=O)O.CC(C)C(=O)O.CC(C)[C@@H]1NC(=O)/C=C/[C@@H](C)COC(=O)[C@H](C)NC1=O.C[C@H](N)C(=O)O. The van der Waals surface area contributed by atoms with Crippen molar-refractivity contribution in [3.63, 3.8) is 0 Å². The Kier molecular flexibility index (Phi) is 54.5. The molecule has 0 spiro atoms.